The number of fused-ring (bicyclic) bond motifs is 1. The van der Waals surface area contributed by atoms with Crippen molar-refractivity contribution < 1.29 is 19.1 Å². The molecule has 1 fully saturated rings. The Bertz CT molecular complexity index is 976. The van der Waals surface area contributed by atoms with Crippen molar-refractivity contribution in [2.24, 2.45) is 0 Å². The fraction of sp³-hybridized carbons (Fsp3) is 0.478. The van der Waals surface area contributed by atoms with Crippen molar-refractivity contribution >= 4 is 17.6 Å². The Morgan fingerprint density at radius 3 is 2.65 bits per heavy atom. The van der Waals surface area contributed by atoms with Crippen LogP contribution in [-0.2, 0) is 27.3 Å². The Morgan fingerprint density at radius 2 is 1.94 bits per heavy atom. The number of rotatable bonds is 6. The summed E-state index contributed by atoms with van der Waals surface area (Å²) in [6.45, 7) is 3.06. The van der Waals surface area contributed by atoms with Crippen LogP contribution in [0.2, 0.25) is 0 Å². The molecule has 8 heteroatoms. The average Bonchev–Trinajstić information content (AvgIpc) is 3.10. The SMILES string of the molecule is COCC(=O)N1CCCC[C@H]1c1nc(C)c2c(n1)N(Cc1ccc(OC)cc1)C(=O)C2. The van der Waals surface area contributed by atoms with Crippen LogP contribution in [0.1, 0.15) is 47.9 Å². The molecule has 0 unspecified atom stereocenters. The molecule has 2 aliphatic rings. The van der Waals surface area contributed by atoms with Crippen LogP contribution in [0.4, 0.5) is 5.82 Å². The van der Waals surface area contributed by atoms with E-state index in [2.05, 4.69) is 0 Å². The highest BCUT2D eigenvalue weighted by Gasteiger charge is 2.35. The Morgan fingerprint density at radius 1 is 1.16 bits per heavy atom. The van der Waals surface area contributed by atoms with Crippen molar-refractivity contribution in [1.82, 2.24) is 14.9 Å². The number of likely N-dealkylation sites (tertiary alicyclic amines) is 1. The van der Waals surface area contributed by atoms with Crippen molar-refractivity contribution in [2.45, 2.75) is 45.2 Å². The molecule has 0 bridgehead atoms. The summed E-state index contributed by atoms with van der Waals surface area (Å²) in [5.41, 5.74) is 2.66. The van der Waals surface area contributed by atoms with Crippen LogP contribution in [0.15, 0.2) is 24.3 Å². The number of piperidine rings is 1. The van der Waals surface area contributed by atoms with Crippen molar-refractivity contribution in [3.05, 3.63) is 46.9 Å². The smallest absolute Gasteiger partial charge is 0.249 e. The molecule has 0 aliphatic carbocycles. The fourth-order valence-electron chi connectivity index (χ4n) is 4.33. The number of amides is 2. The maximum atomic E-state index is 12.8. The van der Waals surface area contributed by atoms with Gasteiger partial charge < -0.3 is 14.4 Å². The second kappa shape index (κ2) is 9.01. The van der Waals surface area contributed by atoms with Crippen LogP contribution in [0, 0.1) is 6.92 Å². The van der Waals surface area contributed by atoms with Gasteiger partial charge in [0.15, 0.2) is 5.82 Å². The number of anilines is 1. The number of aryl methyl sites for hydroxylation is 1. The normalized spacial score (nSPS) is 18.3. The summed E-state index contributed by atoms with van der Waals surface area (Å²) in [6.07, 6.45) is 3.07. The molecule has 1 atom stereocenters. The van der Waals surface area contributed by atoms with Crippen LogP contribution < -0.4 is 9.64 Å². The van der Waals surface area contributed by atoms with Gasteiger partial charge in [0.05, 0.1) is 26.1 Å². The van der Waals surface area contributed by atoms with E-state index in [0.717, 1.165) is 41.8 Å². The van der Waals surface area contributed by atoms with E-state index in [4.69, 9.17) is 19.4 Å². The van der Waals surface area contributed by atoms with Crippen molar-refractivity contribution in [2.75, 3.05) is 32.3 Å². The zero-order valence-corrected chi connectivity index (χ0v) is 18.3. The maximum Gasteiger partial charge on any atom is 0.249 e. The third-order valence-corrected chi connectivity index (χ3v) is 5.98. The first-order valence-corrected chi connectivity index (χ1v) is 10.6. The van der Waals surface area contributed by atoms with Gasteiger partial charge in [-0.1, -0.05) is 12.1 Å². The number of carbonyl (C=O) groups excluding carboxylic acids is 2. The van der Waals surface area contributed by atoms with E-state index in [1.807, 2.05) is 36.1 Å². The lowest BCUT2D eigenvalue weighted by Gasteiger charge is -2.35. The molecule has 1 aromatic heterocycles. The molecule has 2 aromatic rings. The van der Waals surface area contributed by atoms with Crippen molar-refractivity contribution in [3.8, 4) is 5.75 Å². The van der Waals surface area contributed by atoms with E-state index >= 15 is 0 Å². The molecule has 0 N–H and O–H groups in total. The summed E-state index contributed by atoms with van der Waals surface area (Å²) < 4.78 is 10.3. The quantitative estimate of drug-likeness (QED) is 0.709. The minimum Gasteiger partial charge on any atom is -0.497 e. The zero-order chi connectivity index (χ0) is 22.0. The lowest BCUT2D eigenvalue weighted by molar-refractivity contribution is -0.139. The lowest BCUT2D eigenvalue weighted by atomic mass is 10.0. The van der Waals surface area contributed by atoms with Gasteiger partial charge in [0, 0.05) is 24.9 Å². The van der Waals surface area contributed by atoms with Crippen LogP contribution in [0.3, 0.4) is 0 Å². The zero-order valence-electron chi connectivity index (χ0n) is 18.3. The van der Waals surface area contributed by atoms with Crippen LogP contribution in [0.5, 0.6) is 5.75 Å². The van der Waals surface area contributed by atoms with Gasteiger partial charge in [-0.15, -0.1) is 0 Å². The molecule has 3 heterocycles. The highest BCUT2D eigenvalue weighted by atomic mass is 16.5. The van der Waals surface area contributed by atoms with E-state index in [9.17, 15) is 9.59 Å². The molecule has 2 aliphatic heterocycles. The van der Waals surface area contributed by atoms with Crippen molar-refractivity contribution in [1.29, 1.82) is 0 Å². The minimum atomic E-state index is -0.195. The Labute approximate surface area is 182 Å². The van der Waals surface area contributed by atoms with Crippen LogP contribution >= 0.6 is 0 Å². The fourth-order valence-corrected chi connectivity index (χ4v) is 4.33. The lowest BCUT2D eigenvalue weighted by Crippen LogP contribution is -2.41. The monoisotopic (exact) mass is 424 g/mol. The molecule has 4 rings (SSSR count). The number of nitrogens with zero attached hydrogens (tertiary/aromatic N) is 4. The summed E-state index contributed by atoms with van der Waals surface area (Å²) in [7, 11) is 3.15. The number of hydrogen-bond acceptors (Lipinski definition) is 6. The highest BCUT2D eigenvalue weighted by Crippen LogP contribution is 2.35. The van der Waals surface area contributed by atoms with Crippen LogP contribution in [0.25, 0.3) is 0 Å². The standard InChI is InChI=1S/C23H28N4O4/c1-15-18-12-20(28)27(13-16-7-9-17(31-3)10-8-16)23(18)25-22(24-15)19-6-4-5-11-26(19)21(29)14-30-2/h7-10,19H,4-6,11-14H2,1-3H3/t19-/m0/s1. The molecular weight excluding hydrogens is 396 g/mol. The largest absolute Gasteiger partial charge is 0.497 e. The Hall–Kier alpha value is -3.00. The molecule has 1 aromatic carbocycles. The maximum absolute atomic E-state index is 12.8. The summed E-state index contributed by atoms with van der Waals surface area (Å²) >= 11 is 0. The number of methoxy groups -OCH3 is 2. The Kier molecular flexibility index (Phi) is 6.18. The molecule has 0 radical (unpaired) electrons. The minimum absolute atomic E-state index is 0.0105. The number of benzene rings is 1. The molecule has 0 spiro atoms. The third-order valence-electron chi connectivity index (χ3n) is 5.98. The number of carbonyl (C=O) groups is 2. The van der Waals surface area contributed by atoms with E-state index in [1.54, 1.807) is 12.0 Å². The molecular formula is C23H28N4O4. The second-order valence-corrected chi connectivity index (χ2v) is 8.01. The second-order valence-electron chi connectivity index (χ2n) is 8.01. The molecule has 0 saturated carbocycles. The van der Waals surface area contributed by atoms with Gasteiger partial charge in [-0.25, -0.2) is 9.97 Å². The number of aromatic nitrogens is 2. The summed E-state index contributed by atoms with van der Waals surface area (Å²) in [5.74, 6) is 2.00. The average molecular weight is 425 g/mol. The first-order valence-electron chi connectivity index (χ1n) is 10.6. The molecule has 164 valence electrons. The molecule has 2 amide bonds. The predicted octanol–water partition coefficient (Wildman–Crippen LogP) is 2.58. The highest BCUT2D eigenvalue weighted by molar-refractivity contribution is 6.00. The Balaban J connectivity index is 1.65. The predicted molar refractivity (Wildman–Crippen MR) is 115 cm³/mol. The van der Waals surface area contributed by atoms with Crippen molar-refractivity contribution in [3.63, 3.8) is 0 Å². The topological polar surface area (TPSA) is 84.9 Å². The van der Waals surface area contributed by atoms with Gasteiger partial charge in [0.2, 0.25) is 11.8 Å². The van der Waals surface area contributed by atoms with Gasteiger partial charge in [-0.3, -0.25) is 14.5 Å². The summed E-state index contributed by atoms with van der Waals surface area (Å²) in [4.78, 5) is 38.5. The molecule has 8 nitrogen and oxygen atoms in total. The van der Waals surface area contributed by atoms with Gasteiger partial charge in [0.25, 0.3) is 0 Å². The molecule has 1 saturated heterocycles. The third kappa shape index (κ3) is 4.25. The first kappa shape index (κ1) is 21.2. The van der Waals surface area contributed by atoms with Gasteiger partial charge in [0.1, 0.15) is 18.2 Å². The summed E-state index contributed by atoms with van der Waals surface area (Å²) in [5, 5.41) is 0. The van der Waals surface area contributed by atoms with E-state index in [-0.39, 0.29) is 24.5 Å². The molecule has 31 heavy (non-hydrogen) atoms. The number of hydrogen-bond donors (Lipinski definition) is 0. The van der Waals surface area contributed by atoms with E-state index in [0.29, 0.717) is 31.2 Å². The van der Waals surface area contributed by atoms with Gasteiger partial charge in [-0.05, 0) is 43.9 Å². The van der Waals surface area contributed by atoms with Gasteiger partial charge >= 0.3 is 0 Å². The van der Waals surface area contributed by atoms with E-state index < -0.39 is 0 Å². The first-order chi connectivity index (χ1) is 15.0. The van der Waals surface area contributed by atoms with Gasteiger partial charge in [-0.2, -0.15) is 0 Å². The van der Waals surface area contributed by atoms with E-state index in [1.165, 1.54) is 7.11 Å². The summed E-state index contributed by atoms with van der Waals surface area (Å²) in [6, 6.07) is 7.47. The number of ether oxygens (including phenoxy) is 2. The van der Waals surface area contributed by atoms with Crippen LogP contribution in [-0.4, -0.2) is 54.1 Å².